The molecule has 0 heterocycles. The Balaban J connectivity index is 2.02. The molecule has 0 amide bonds. The molecule has 0 saturated carbocycles. The third-order valence-electron chi connectivity index (χ3n) is 5.36. The molecule has 3 aliphatic rings. The van der Waals surface area contributed by atoms with Crippen molar-refractivity contribution < 1.29 is 42.1 Å². The molecule has 7 heteroatoms. The van der Waals surface area contributed by atoms with Gasteiger partial charge in [0.1, 0.15) is 0 Å². The summed E-state index contributed by atoms with van der Waals surface area (Å²) in [5.41, 5.74) is 5.46. The van der Waals surface area contributed by atoms with Crippen LogP contribution in [0.4, 0.5) is 0 Å². The molecule has 0 bridgehead atoms. The van der Waals surface area contributed by atoms with Crippen LogP contribution in [0.3, 0.4) is 0 Å². The maximum atomic E-state index is 11.8. The Morgan fingerprint density at radius 3 is 1.92 bits per heavy atom. The molecule has 6 nitrogen and oxygen atoms in total. The van der Waals surface area contributed by atoms with E-state index in [-0.39, 0.29) is 4.22 Å². The van der Waals surface area contributed by atoms with Crippen LogP contribution in [0.1, 0.15) is 72.1 Å². The molecule has 0 spiro atoms. The van der Waals surface area contributed by atoms with Crippen LogP contribution in [0.5, 0.6) is 0 Å². The summed E-state index contributed by atoms with van der Waals surface area (Å²) < 4.78 is 16.4. The first-order chi connectivity index (χ1) is 12.3. The van der Waals surface area contributed by atoms with E-state index in [1.54, 1.807) is 0 Å². The van der Waals surface area contributed by atoms with Gasteiger partial charge in [-0.15, -0.1) is 0 Å². The third-order valence-corrected chi connectivity index (χ3v) is 10.4. The molecular formula is C19H26O6Ti. The zero-order valence-electron chi connectivity index (χ0n) is 15.7. The minimum atomic E-state index is -4.52. The van der Waals surface area contributed by atoms with E-state index in [9.17, 15) is 14.4 Å². The van der Waals surface area contributed by atoms with Crippen LogP contribution in [0.2, 0.25) is 4.22 Å². The summed E-state index contributed by atoms with van der Waals surface area (Å²) in [5.74, 6) is -1.72. The van der Waals surface area contributed by atoms with Gasteiger partial charge in [-0.1, -0.05) is 0 Å². The second kappa shape index (κ2) is 7.69. The van der Waals surface area contributed by atoms with Gasteiger partial charge in [-0.05, 0) is 0 Å². The van der Waals surface area contributed by atoms with E-state index in [2.05, 4.69) is 0 Å². The number of hydrogen-bond donors (Lipinski definition) is 0. The Labute approximate surface area is 158 Å². The van der Waals surface area contributed by atoms with Gasteiger partial charge >= 0.3 is 159 Å². The fraction of sp³-hybridized carbons (Fsp3) is 0.632. The Hall–Kier alpha value is -1.40. The minimum absolute atomic E-state index is 0.277. The average molecular weight is 398 g/mol. The monoisotopic (exact) mass is 398 g/mol. The molecule has 0 aliphatic heterocycles. The van der Waals surface area contributed by atoms with Gasteiger partial charge in [-0.2, -0.15) is 0 Å². The van der Waals surface area contributed by atoms with Crippen LogP contribution in [0, 0.1) is 0 Å². The van der Waals surface area contributed by atoms with Crippen molar-refractivity contribution in [2.24, 2.45) is 0 Å². The van der Waals surface area contributed by atoms with Gasteiger partial charge in [-0.25, -0.2) is 0 Å². The van der Waals surface area contributed by atoms with Crippen molar-refractivity contribution in [1.29, 1.82) is 0 Å². The van der Waals surface area contributed by atoms with Crippen molar-refractivity contribution in [3.8, 4) is 0 Å². The van der Waals surface area contributed by atoms with Crippen LogP contribution < -0.4 is 0 Å². The van der Waals surface area contributed by atoms with E-state index < -0.39 is 35.7 Å². The fourth-order valence-corrected chi connectivity index (χ4v) is 9.33. The molecule has 142 valence electrons. The Morgan fingerprint density at radius 1 is 0.808 bits per heavy atom. The quantitative estimate of drug-likeness (QED) is 0.663. The summed E-state index contributed by atoms with van der Waals surface area (Å²) in [5, 5.41) is 0. The first-order valence-electron chi connectivity index (χ1n) is 9.34. The molecule has 0 aromatic rings. The zero-order valence-corrected chi connectivity index (χ0v) is 17.2. The topological polar surface area (TPSA) is 78.9 Å². The summed E-state index contributed by atoms with van der Waals surface area (Å²) in [7, 11) is 0. The molecule has 0 fully saturated rings. The first kappa shape index (κ1) is 19.4. The molecule has 0 saturated heterocycles. The van der Waals surface area contributed by atoms with Crippen molar-refractivity contribution in [1.82, 2.24) is 0 Å². The first-order valence-corrected chi connectivity index (χ1v) is 12.2. The molecular weight excluding hydrogens is 372 g/mol. The van der Waals surface area contributed by atoms with Crippen LogP contribution >= 0.6 is 0 Å². The molecule has 26 heavy (non-hydrogen) atoms. The summed E-state index contributed by atoms with van der Waals surface area (Å²) in [4.78, 5) is 35.5. The second-order valence-corrected chi connectivity index (χ2v) is 11.2. The van der Waals surface area contributed by atoms with Gasteiger partial charge in [0.05, 0.1) is 0 Å². The summed E-state index contributed by atoms with van der Waals surface area (Å²) in [6.45, 7) is 3.80. The van der Waals surface area contributed by atoms with Crippen molar-refractivity contribution in [3.63, 3.8) is 0 Å². The number of hydrogen-bond acceptors (Lipinski definition) is 6. The van der Waals surface area contributed by atoms with E-state index in [1.807, 2.05) is 0 Å². The average Bonchev–Trinajstić information content (AvgIpc) is 2.91. The van der Waals surface area contributed by atoms with Gasteiger partial charge in [-0.3, -0.25) is 0 Å². The standard InChI is InChI=1S/C13H17.3C2H4O2.Ti/c1-3-7-12-10(5-1)9-11-6-2-4-8-13(11)12;3*1-2(3)4;/h5H,1-4,6-9H2;3*1H3,(H,3,4);/q;;;;+3/p-3. The number of fused-ring (bicyclic) bond motifs is 1. The Morgan fingerprint density at radius 2 is 1.35 bits per heavy atom. The summed E-state index contributed by atoms with van der Waals surface area (Å²) in [6, 6.07) is 0. The predicted octanol–water partition coefficient (Wildman–Crippen LogP) is 4.12. The Kier molecular flexibility index (Phi) is 5.73. The van der Waals surface area contributed by atoms with Gasteiger partial charge in [0.2, 0.25) is 0 Å². The van der Waals surface area contributed by atoms with Crippen LogP contribution in [-0.4, -0.2) is 17.9 Å². The van der Waals surface area contributed by atoms with Gasteiger partial charge in [0, 0.05) is 0 Å². The molecule has 1 atom stereocenters. The van der Waals surface area contributed by atoms with Crippen LogP contribution in [-0.2, 0) is 42.1 Å². The molecule has 1 unspecified atom stereocenters. The van der Waals surface area contributed by atoms with Crippen molar-refractivity contribution in [2.75, 3.05) is 0 Å². The zero-order chi connectivity index (χ0) is 18.9. The van der Waals surface area contributed by atoms with E-state index in [0.29, 0.717) is 6.42 Å². The SMILES string of the molecule is CC(=O)[O][Ti]([O]C(C)=O)([O]C(C)=O)[CH]1CCCC2=C1CC1=C2CCCC1. The van der Waals surface area contributed by atoms with Crippen molar-refractivity contribution in [3.05, 3.63) is 22.3 Å². The van der Waals surface area contributed by atoms with Gasteiger partial charge in [0.15, 0.2) is 0 Å². The fourth-order valence-electron chi connectivity index (χ4n) is 4.63. The van der Waals surface area contributed by atoms with Crippen molar-refractivity contribution in [2.45, 2.75) is 76.4 Å². The number of carbonyl (C=O) groups is 3. The molecule has 3 aliphatic carbocycles. The van der Waals surface area contributed by atoms with E-state index >= 15 is 0 Å². The van der Waals surface area contributed by atoms with Gasteiger partial charge < -0.3 is 0 Å². The molecule has 0 radical (unpaired) electrons. The number of carbonyl (C=O) groups excluding carboxylic acids is 3. The second-order valence-electron chi connectivity index (χ2n) is 7.30. The maximum absolute atomic E-state index is 11.8. The Bertz CT molecular complexity index is 664. The third kappa shape index (κ3) is 3.81. The summed E-state index contributed by atoms with van der Waals surface area (Å²) >= 11 is -4.52. The number of rotatable bonds is 4. The van der Waals surface area contributed by atoms with Crippen LogP contribution in [0.25, 0.3) is 0 Å². The van der Waals surface area contributed by atoms with Gasteiger partial charge in [0.25, 0.3) is 0 Å². The van der Waals surface area contributed by atoms with E-state index in [1.165, 1.54) is 55.9 Å². The predicted molar refractivity (Wildman–Crippen MR) is 90.0 cm³/mol. The molecule has 0 aromatic carbocycles. The molecule has 3 rings (SSSR count). The summed E-state index contributed by atoms with van der Waals surface area (Å²) in [6.07, 6.45) is 8.07. The molecule has 0 N–H and O–H groups in total. The van der Waals surface area contributed by atoms with Crippen LogP contribution in [0.15, 0.2) is 22.3 Å². The normalized spacial score (nSPS) is 22.5. The van der Waals surface area contributed by atoms with E-state index in [4.69, 9.17) is 9.96 Å². The van der Waals surface area contributed by atoms with E-state index in [0.717, 1.165) is 32.1 Å². The molecule has 0 aromatic heterocycles. The van der Waals surface area contributed by atoms with Crippen molar-refractivity contribution >= 4 is 17.9 Å². The number of allylic oxidation sites excluding steroid dienone is 4.